The molecule has 0 saturated carbocycles. The molecular formula is C13H17NO4. The van der Waals surface area contributed by atoms with Crippen LogP contribution in [0.3, 0.4) is 0 Å². The van der Waals surface area contributed by atoms with E-state index in [-0.39, 0.29) is 18.0 Å². The van der Waals surface area contributed by atoms with Crippen LogP contribution >= 0.6 is 0 Å². The summed E-state index contributed by atoms with van der Waals surface area (Å²) in [5.74, 6) is -2.01. The number of benzene rings is 1. The maximum absolute atomic E-state index is 11.0. The fourth-order valence-electron chi connectivity index (χ4n) is 1.71. The van der Waals surface area contributed by atoms with Crippen LogP contribution in [0.25, 0.3) is 0 Å². The van der Waals surface area contributed by atoms with Crippen LogP contribution < -0.4 is 5.32 Å². The van der Waals surface area contributed by atoms with Crippen LogP contribution in [0.4, 0.5) is 0 Å². The second kappa shape index (κ2) is 6.16. The lowest BCUT2D eigenvalue weighted by Crippen LogP contribution is -2.40. The summed E-state index contributed by atoms with van der Waals surface area (Å²) >= 11 is 0. The van der Waals surface area contributed by atoms with E-state index in [1.54, 1.807) is 32.0 Å². The first-order valence-electron chi connectivity index (χ1n) is 5.71. The van der Waals surface area contributed by atoms with Crippen LogP contribution in [0.1, 0.15) is 29.8 Å². The molecule has 0 spiro atoms. The van der Waals surface area contributed by atoms with Gasteiger partial charge >= 0.3 is 11.9 Å². The highest BCUT2D eigenvalue weighted by Crippen LogP contribution is 2.10. The van der Waals surface area contributed by atoms with Crippen LogP contribution in [-0.2, 0) is 11.3 Å². The van der Waals surface area contributed by atoms with Gasteiger partial charge in [0.15, 0.2) is 0 Å². The average Bonchev–Trinajstić information content (AvgIpc) is 2.28. The molecule has 0 amide bonds. The van der Waals surface area contributed by atoms with Crippen molar-refractivity contribution in [2.24, 2.45) is 5.92 Å². The van der Waals surface area contributed by atoms with E-state index in [1.165, 1.54) is 6.07 Å². The maximum atomic E-state index is 11.0. The Morgan fingerprint density at radius 1 is 1.22 bits per heavy atom. The molecule has 98 valence electrons. The van der Waals surface area contributed by atoms with Crippen molar-refractivity contribution < 1.29 is 19.8 Å². The minimum Gasteiger partial charge on any atom is -0.480 e. The molecule has 0 heterocycles. The van der Waals surface area contributed by atoms with Gasteiger partial charge in [0, 0.05) is 6.54 Å². The zero-order valence-corrected chi connectivity index (χ0v) is 10.4. The molecule has 1 atom stereocenters. The first kappa shape index (κ1) is 14.2. The summed E-state index contributed by atoms with van der Waals surface area (Å²) in [6.45, 7) is 3.82. The number of aromatic carboxylic acids is 1. The fraction of sp³-hybridized carbons (Fsp3) is 0.385. The lowest BCUT2D eigenvalue weighted by molar-refractivity contribution is -0.140. The zero-order chi connectivity index (χ0) is 13.7. The summed E-state index contributed by atoms with van der Waals surface area (Å²) in [6, 6.07) is 5.87. The van der Waals surface area contributed by atoms with Crippen molar-refractivity contribution in [3.63, 3.8) is 0 Å². The minimum atomic E-state index is -1.01. The monoisotopic (exact) mass is 251 g/mol. The van der Waals surface area contributed by atoms with E-state index >= 15 is 0 Å². The van der Waals surface area contributed by atoms with Crippen molar-refractivity contribution in [3.05, 3.63) is 35.4 Å². The van der Waals surface area contributed by atoms with Crippen LogP contribution in [0.5, 0.6) is 0 Å². The van der Waals surface area contributed by atoms with Gasteiger partial charge in [-0.25, -0.2) is 4.79 Å². The Hall–Kier alpha value is -1.88. The summed E-state index contributed by atoms with van der Waals surface area (Å²) in [5, 5.41) is 20.9. The molecule has 0 aromatic heterocycles. The molecule has 0 radical (unpaired) electrons. The summed E-state index contributed by atoms with van der Waals surface area (Å²) in [6.07, 6.45) is 0. The lowest BCUT2D eigenvalue weighted by Gasteiger charge is -2.18. The second-order valence-electron chi connectivity index (χ2n) is 4.40. The van der Waals surface area contributed by atoms with Crippen molar-refractivity contribution in [3.8, 4) is 0 Å². The summed E-state index contributed by atoms with van der Waals surface area (Å²) in [7, 11) is 0. The van der Waals surface area contributed by atoms with Gasteiger partial charge in [0.2, 0.25) is 0 Å². The van der Waals surface area contributed by atoms with Gasteiger partial charge in [0.25, 0.3) is 0 Å². The zero-order valence-electron chi connectivity index (χ0n) is 10.4. The third kappa shape index (κ3) is 3.56. The third-order valence-corrected chi connectivity index (χ3v) is 2.69. The highest BCUT2D eigenvalue weighted by Gasteiger charge is 2.21. The quantitative estimate of drug-likeness (QED) is 0.714. The summed E-state index contributed by atoms with van der Waals surface area (Å²) in [4.78, 5) is 22.0. The van der Waals surface area contributed by atoms with Crippen molar-refractivity contribution in [1.82, 2.24) is 5.32 Å². The van der Waals surface area contributed by atoms with E-state index in [2.05, 4.69) is 5.32 Å². The topological polar surface area (TPSA) is 86.6 Å². The number of carbonyl (C=O) groups is 2. The van der Waals surface area contributed by atoms with Crippen LogP contribution in [0, 0.1) is 5.92 Å². The molecule has 0 aliphatic carbocycles. The van der Waals surface area contributed by atoms with E-state index in [4.69, 9.17) is 10.2 Å². The van der Waals surface area contributed by atoms with Gasteiger partial charge in [0.1, 0.15) is 6.04 Å². The van der Waals surface area contributed by atoms with E-state index in [0.29, 0.717) is 5.56 Å². The van der Waals surface area contributed by atoms with Gasteiger partial charge in [-0.1, -0.05) is 32.0 Å². The molecule has 1 rings (SSSR count). The molecule has 3 N–H and O–H groups in total. The molecule has 1 aromatic carbocycles. The highest BCUT2D eigenvalue weighted by molar-refractivity contribution is 5.89. The SMILES string of the molecule is CC(C)[C@@H](NCc1ccccc1C(=O)O)C(=O)O. The number of carboxylic acids is 2. The number of hydrogen-bond acceptors (Lipinski definition) is 3. The smallest absolute Gasteiger partial charge is 0.336 e. The molecule has 1 aromatic rings. The maximum Gasteiger partial charge on any atom is 0.336 e. The molecule has 0 aliphatic rings. The van der Waals surface area contributed by atoms with Gasteiger partial charge < -0.3 is 15.5 Å². The van der Waals surface area contributed by atoms with E-state index in [9.17, 15) is 9.59 Å². The predicted molar refractivity (Wildman–Crippen MR) is 66.5 cm³/mol. The largest absolute Gasteiger partial charge is 0.480 e. The third-order valence-electron chi connectivity index (χ3n) is 2.69. The summed E-state index contributed by atoms with van der Waals surface area (Å²) in [5.41, 5.74) is 0.773. The van der Waals surface area contributed by atoms with Crippen LogP contribution in [0.15, 0.2) is 24.3 Å². The van der Waals surface area contributed by atoms with Gasteiger partial charge in [-0.3, -0.25) is 4.79 Å². The minimum absolute atomic E-state index is 0.0699. The molecule has 18 heavy (non-hydrogen) atoms. The normalized spacial score (nSPS) is 12.4. The number of carboxylic acid groups (broad SMARTS) is 2. The van der Waals surface area contributed by atoms with Crippen molar-refractivity contribution in [2.45, 2.75) is 26.4 Å². The van der Waals surface area contributed by atoms with E-state index < -0.39 is 18.0 Å². The molecule has 0 fully saturated rings. The predicted octanol–water partition coefficient (Wildman–Crippen LogP) is 1.58. The van der Waals surface area contributed by atoms with Crippen LogP contribution in [0.2, 0.25) is 0 Å². The van der Waals surface area contributed by atoms with Crippen molar-refractivity contribution in [1.29, 1.82) is 0 Å². The molecular weight excluding hydrogens is 234 g/mol. The molecule has 5 nitrogen and oxygen atoms in total. The molecule has 0 bridgehead atoms. The summed E-state index contributed by atoms with van der Waals surface area (Å²) < 4.78 is 0. The number of hydrogen-bond donors (Lipinski definition) is 3. The van der Waals surface area contributed by atoms with E-state index in [1.807, 2.05) is 0 Å². The highest BCUT2D eigenvalue weighted by atomic mass is 16.4. The molecule has 0 aliphatic heterocycles. The Kier molecular flexibility index (Phi) is 4.85. The van der Waals surface area contributed by atoms with Gasteiger partial charge in [-0.05, 0) is 17.5 Å². The Balaban J connectivity index is 2.79. The van der Waals surface area contributed by atoms with Crippen molar-refractivity contribution in [2.75, 3.05) is 0 Å². The molecule has 0 saturated heterocycles. The van der Waals surface area contributed by atoms with Gasteiger partial charge in [-0.2, -0.15) is 0 Å². The Bertz CT molecular complexity index is 442. The van der Waals surface area contributed by atoms with Crippen LogP contribution in [-0.4, -0.2) is 28.2 Å². The average molecular weight is 251 g/mol. The standard InChI is InChI=1S/C13H17NO4/c1-8(2)11(13(17)18)14-7-9-5-3-4-6-10(9)12(15)16/h3-6,8,11,14H,7H2,1-2H3,(H,15,16)(H,17,18)/t11-/m1/s1. The second-order valence-corrected chi connectivity index (χ2v) is 4.40. The first-order chi connectivity index (χ1) is 8.43. The molecule has 0 unspecified atom stereocenters. The Labute approximate surface area is 105 Å². The Morgan fingerprint density at radius 3 is 2.33 bits per heavy atom. The fourth-order valence-corrected chi connectivity index (χ4v) is 1.71. The van der Waals surface area contributed by atoms with Crippen molar-refractivity contribution >= 4 is 11.9 Å². The number of rotatable bonds is 6. The number of nitrogens with one attached hydrogen (secondary N) is 1. The number of aliphatic carboxylic acids is 1. The first-order valence-corrected chi connectivity index (χ1v) is 5.71. The van der Waals surface area contributed by atoms with E-state index in [0.717, 1.165) is 0 Å². The van der Waals surface area contributed by atoms with Gasteiger partial charge in [-0.15, -0.1) is 0 Å². The molecule has 5 heteroatoms. The van der Waals surface area contributed by atoms with Gasteiger partial charge in [0.05, 0.1) is 5.56 Å². The Morgan fingerprint density at radius 2 is 1.83 bits per heavy atom. The lowest BCUT2D eigenvalue weighted by atomic mass is 10.0.